The van der Waals surface area contributed by atoms with Crippen molar-refractivity contribution in [2.45, 2.75) is 64.5 Å². The van der Waals surface area contributed by atoms with Gasteiger partial charge in [0.15, 0.2) is 5.82 Å². The fraction of sp³-hybridized carbons (Fsp3) is 0.867. The maximum absolute atomic E-state index is 5.91. The van der Waals surface area contributed by atoms with Gasteiger partial charge in [0.2, 0.25) is 5.89 Å². The minimum absolute atomic E-state index is 0.555. The molecule has 1 aliphatic carbocycles. The standard InChI is InChI=1S/C15H28N4O/c1-3-4-9-14-17-15(20-18-14)11-19(2)13-8-6-5-7-12(13)10-16/h12-13H,3-11,16H2,1-2H3. The van der Waals surface area contributed by atoms with E-state index in [9.17, 15) is 0 Å². The second-order valence-electron chi connectivity index (χ2n) is 5.97. The zero-order chi connectivity index (χ0) is 14.4. The molecule has 0 amide bonds. The number of aryl methyl sites for hydroxylation is 1. The van der Waals surface area contributed by atoms with Gasteiger partial charge in [-0.25, -0.2) is 0 Å². The van der Waals surface area contributed by atoms with E-state index < -0.39 is 0 Å². The molecular formula is C15H28N4O. The van der Waals surface area contributed by atoms with Crippen molar-refractivity contribution in [3.8, 4) is 0 Å². The minimum Gasteiger partial charge on any atom is -0.338 e. The molecular weight excluding hydrogens is 252 g/mol. The summed E-state index contributed by atoms with van der Waals surface area (Å²) in [4.78, 5) is 6.82. The van der Waals surface area contributed by atoms with Gasteiger partial charge in [-0.1, -0.05) is 31.3 Å². The second kappa shape index (κ2) is 7.74. The Bertz CT molecular complexity index is 393. The monoisotopic (exact) mass is 280 g/mol. The molecule has 1 saturated carbocycles. The van der Waals surface area contributed by atoms with Gasteiger partial charge in [-0.2, -0.15) is 4.98 Å². The van der Waals surface area contributed by atoms with E-state index in [2.05, 4.69) is 29.0 Å². The van der Waals surface area contributed by atoms with E-state index >= 15 is 0 Å². The molecule has 114 valence electrons. The van der Waals surface area contributed by atoms with Crippen LogP contribution in [0.4, 0.5) is 0 Å². The van der Waals surface area contributed by atoms with E-state index in [1.807, 2.05) is 0 Å². The van der Waals surface area contributed by atoms with Crippen LogP contribution in [-0.4, -0.2) is 34.7 Å². The maximum atomic E-state index is 5.91. The van der Waals surface area contributed by atoms with Crippen molar-refractivity contribution in [1.29, 1.82) is 0 Å². The lowest BCUT2D eigenvalue weighted by molar-refractivity contribution is 0.115. The van der Waals surface area contributed by atoms with Gasteiger partial charge in [0.05, 0.1) is 6.54 Å². The molecule has 1 aliphatic rings. The van der Waals surface area contributed by atoms with Gasteiger partial charge < -0.3 is 10.3 Å². The Morgan fingerprint density at radius 1 is 1.35 bits per heavy atom. The minimum atomic E-state index is 0.555. The highest BCUT2D eigenvalue weighted by atomic mass is 16.5. The average Bonchev–Trinajstić information content (AvgIpc) is 2.92. The van der Waals surface area contributed by atoms with Gasteiger partial charge in [-0.15, -0.1) is 0 Å². The number of hydrogen-bond acceptors (Lipinski definition) is 5. The molecule has 0 aliphatic heterocycles. The molecule has 2 unspecified atom stereocenters. The van der Waals surface area contributed by atoms with Crippen LogP contribution < -0.4 is 5.73 Å². The second-order valence-corrected chi connectivity index (χ2v) is 5.97. The summed E-state index contributed by atoms with van der Waals surface area (Å²) in [5.74, 6) is 2.19. The van der Waals surface area contributed by atoms with Gasteiger partial charge in [0.1, 0.15) is 0 Å². The summed E-state index contributed by atoms with van der Waals surface area (Å²) in [6.45, 7) is 3.69. The van der Waals surface area contributed by atoms with E-state index in [4.69, 9.17) is 10.3 Å². The number of aromatic nitrogens is 2. The predicted molar refractivity (Wildman–Crippen MR) is 79.2 cm³/mol. The Morgan fingerprint density at radius 3 is 2.90 bits per heavy atom. The molecule has 2 N–H and O–H groups in total. The van der Waals surface area contributed by atoms with Crippen LogP contribution in [0.25, 0.3) is 0 Å². The maximum Gasteiger partial charge on any atom is 0.240 e. The van der Waals surface area contributed by atoms with Crippen molar-refractivity contribution in [3.63, 3.8) is 0 Å². The first-order valence-electron chi connectivity index (χ1n) is 7.96. The van der Waals surface area contributed by atoms with Crippen LogP contribution in [0.2, 0.25) is 0 Å². The molecule has 2 rings (SSSR count). The van der Waals surface area contributed by atoms with Crippen LogP contribution in [0.3, 0.4) is 0 Å². The van der Waals surface area contributed by atoms with Gasteiger partial charge in [-0.3, -0.25) is 4.90 Å². The SMILES string of the molecule is CCCCc1noc(CN(C)C2CCCCC2CN)n1. The third kappa shape index (κ3) is 4.03. The first-order chi connectivity index (χ1) is 9.74. The van der Waals surface area contributed by atoms with E-state index in [1.165, 1.54) is 25.7 Å². The molecule has 0 saturated heterocycles. The van der Waals surface area contributed by atoms with Crippen LogP contribution in [0.15, 0.2) is 4.52 Å². The number of hydrogen-bond donors (Lipinski definition) is 1. The lowest BCUT2D eigenvalue weighted by atomic mass is 9.84. The number of unbranched alkanes of at least 4 members (excludes halogenated alkanes) is 1. The normalized spacial score (nSPS) is 23.4. The Labute approximate surface area is 121 Å². The third-order valence-electron chi connectivity index (χ3n) is 4.39. The summed E-state index contributed by atoms with van der Waals surface area (Å²) < 4.78 is 5.36. The molecule has 0 bridgehead atoms. The largest absolute Gasteiger partial charge is 0.338 e. The van der Waals surface area contributed by atoms with Gasteiger partial charge in [0, 0.05) is 12.5 Å². The van der Waals surface area contributed by atoms with E-state index in [1.54, 1.807) is 0 Å². The summed E-state index contributed by atoms with van der Waals surface area (Å²) in [5.41, 5.74) is 5.91. The Hall–Kier alpha value is -0.940. The number of nitrogens with two attached hydrogens (primary N) is 1. The quantitative estimate of drug-likeness (QED) is 0.830. The zero-order valence-electron chi connectivity index (χ0n) is 12.8. The highest BCUT2D eigenvalue weighted by Gasteiger charge is 2.28. The van der Waals surface area contributed by atoms with Crippen LogP contribution in [0.1, 0.15) is 57.2 Å². The smallest absolute Gasteiger partial charge is 0.240 e. The molecule has 1 fully saturated rings. The van der Waals surface area contributed by atoms with Crippen molar-refractivity contribution in [2.24, 2.45) is 11.7 Å². The highest BCUT2D eigenvalue weighted by Crippen LogP contribution is 2.27. The number of nitrogens with zero attached hydrogens (tertiary/aromatic N) is 3. The summed E-state index contributed by atoms with van der Waals surface area (Å²) >= 11 is 0. The molecule has 0 radical (unpaired) electrons. The molecule has 1 aromatic rings. The van der Waals surface area contributed by atoms with Crippen LogP contribution in [0.5, 0.6) is 0 Å². The Kier molecular flexibility index (Phi) is 5.98. The molecule has 1 heterocycles. The molecule has 5 nitrogen and oxygen atoms in total. The first kappa shape index (κ1) is 15.4. The fourth-order valence-corrected chi connectivity index (χ4v) is 3.16. The van der Waals surface area contributed by atoms with E-state index in [0.29, 0.717) is 12.0 Å². The van der Waals surface area contributed by atoms with Crippen molar-refractivity contribution < 1.29 is 4.52 Å². The van der Waals surface area contributed by atoms with Gasteiger partial charge in [-0.05, 0) is 38.8 Å². The van der Waals surface area contributed by atoms with Crippen molar-refractivity contribution in [3.05, 3.63) is 11.7 Å². The lowest BCUT2D eigenvalue weighted by Crippen LogP contribution is -2.42. The van der Waals surface area contributed by atoms with Crippen molar-refractivity contribution in [2.75, 3.05) is 13.6 Å². The molecule has 1 aromatic heterocycles. The number of rotatable bonds is 7. The third-order valence-corrected chi connectivity index (χ3v) is 4.39. The average molecular weight is 280 g/mol. The fourth-order valence-electron chi connectivity index (χ4n) is 3.16. The van der Waals surface area contributed by atoms with E-state index in [-0.39, 0.29) is 0 Å². The van der Waals surface area contributed by atoms with Crippen LogP contribution >= 0.6 is 0 Å². The van der Waals surface area contributed by atoms with E-state index in [0.717, 1.165) is 44.1 Å². The summed E-state index contributed by atoms with van der Waals surface area (Å²) in [6.07, 6.45) is 8.28. The Morgan fingerprint density at radius 2 is 2.15 bits per heavy atom. The molecule has 0 aromatic carbocycles. The first-order valence-corrected chi connectivity index (χ1v) is 7.96. The topological polar surface area (TPSA) is 68.2 Å². The molecule has 5 heteroatoms. The van der Waals surface area contributed by atoms with Crippen molar-refractivity contribution >= 4 is 0 Å². The Balaban J connectivity index is 1.89. The molecule has 2 atom stereocenters. The summed E-state index contributed by atoms with van der Waals surface area (Å²) in [7, 11) is 2.15. The molecule has 20 heavy (non-hydrogen) atoms. The summed E-state index contributed by atoms with van der Waals surface area (Å²) in [5, 5.41) is 4.05. The van der Waals surface area contributed by atoms with Crippen LogP contribution in [-0.2, 0) is 13.0 Å². The lowest BCUT2D eigenvalue weighted by Gasteiger charge is -2.36. The predicted octanol–water partition coefficient (Wildman–Crippen LogP) is 2.36. The molecule has 0 spiro atoms. The van der Waals surface area contributed by atoms with Crippen LogP contribution in [0, 0.1) is 5.92 Å². The highest BCUT2D eigenvalue weighted by molar-refractivity contribution is 4.89. The summed E-state index contributed by atoms with van der Waals surface area (Å²) in [6, 6.07) is 0.555. The zero-order valence-corrected chi connectivity index (χ0v) is 12.8. The van der Waals surface area contributed by atoms with Gasteiger partial charge in [0.25, 0.3) is 0 Å². The van der Waals surface area contributed by atoms with Crippen molar-refractivity contribution in [1.82, 2.24) is 15.0 Å². The van der Waals surface area contributed by atoms with Gasteiger partial charge >= 0.3 is 0 Å².